The summed E-state index contributed by atoms with van der Waals surface area (Å²) in [6, 6.07) is 0. The lowest BCUT2D eigenvalue weighted by atomic mass is 10.4. The molecule has 0 saturated heterocycles. The molecule has 0 aliphatic rings. The van der Waals surface area contributed by atoms with Gasteiger partial charge in [-0.05, 0) is 6.08 Å². The van der Waals surface area contributed by atoms with E-state index in [-0.39, 0.29) is 5.91 Å². The Bertz CT molecular complexity index is 202. The van der Waals surface area contributed by atoms with Gasteiger partial charge in [0, 0.05) is 12.3 Å². The van der Waals surface area contributed by atoms with Crippen molar-refractivity contribution in [1.29, 1.82) is 0 Å². The Labute approximate surface area is 66.6 Å². The van der Waals surface area contributed by atoms with E-state index >= 15 is 0 Å². The number of hydrogen-bond donors (Lipinski definition) is 1. The third kappa shape index (κ3) is 6.31. The fraction of sp³-hybridized carbons (Fsp3) is 0. The van der Waals surface area contributed by atoms with Gasteiger partial charge in [-0.1, -0.05) is 31.4 Å². The number of hydrogen-bond acceptors (Lipinski definition) is 1. The fourth-order valence-electron chi connectivity index (χ4n) is 0.402. The van der Waals surface area contributed by atoms with E-state index in [1.807, 2.05) is 0 Å². The molecule has 0 aromatic carbocycles. The van der Waals surface area contributed by atoms with Crippen molar-refractivity contribution >= 4 is 5.91 Å². The maximum Gasteiger partial charge on any atom is 0.247 e. The van der Waals surface area contributed by atoms with E-state index in [4.69, 9.17) is 0 Å². The maximum atomic E-state index is 10.7. The zero-order valence-electron chi connectivity index (χ0n) is 6.29. The van der Waals surface area contributed by atoms with Gasteiger partial charge < -0.3 is 5.32 Å². The predicted octanol–water partition coefficient (Wildman–Crippen LogP) is 1.54. The Morgan fingerprint density at radius 1 is 1.18 bits per heavy atom. The molecule has 0 rings (SSSR count). The first-order valence-electron chi connectivity index (χ1n) is 3.18. The van der Waals surface area contributed by atoms with Gasteiger partial charge in [-0.2, -0.15) is 0 Å². The zero-order valence-corrected chi connectivity index (χ0v) is 6.29. The van der Waals surface area contributed by atoms with E-state index in [0.717, 1.165) is 0 Å². The van der Waals surface area contributed by atoms with Crippen LogP contribution in [0.2, 0.25) is 0 Å². The van der Waals surface area contributed by atoms with E-state index in [1.54, 1.807) is 18.2 Å². The second kappa shape index (κ2) is 6.55. The highest BCUT2D eigenvalue weighted by Crippen LogP contribution is 1.75. The minimum atomic E-state index is -0.178. The highest BCUT2D eigenvalue weighted by molar-refractivity contribution is 5.88. The third-order valence-corrected chi connectivity index (χ3v) is 0.842. The standard InChI is InChI=1S/C9H11NO/c1-3-5-7-9(11)10-8-6-4-2/h3-8H,1-2H2,(H,10,11)/b7-5-,8-6+. The van der Waals surface area contributed by atoms with Crippen LogP contribution in [0.5, 0.6) is 0 Å². The minimum absolute atomic E-state index is 0.178. The first-order valence-corrected chi connectivity index (χ1v) is 3.18. The maximum absolute atomic E-state index is 10.7. The fourth-order valence-corrected chi connectivity index (χ4v) is 0.402. The highest BCUT2D eigenvalue weighted by atomic mass is 16.1. The summed E-state index contributed by atoms with van der Waals surface area (Å²) in [5.41, 5.74) is 0. The van der Waals surface area contributed by atoms with Crippen molar-refractivity contribution in [2.45, 2.75) is 0 Å². The molecule has 2 nitrogen and oxygen atoms in total. The molecule has 0 radical (unpaired) electrons. The molecule has 2 heteroatoms. The normalized spacial score (nSPS) is 10.2. The minimum Gasteiger partial charge on any atom is -0.329 e. The molecule has 0 fully saturated rings. The van der Waals surface area contributed by atoms with Gasteiger partial charge in [0.1, 0.15) is 0 Å². The van der Waals surface area contributed by atoms with Crippen molar-refractivity contribution in [3.63, 3.8) is 0 Å². The summed E-state index contributed by atoms with van der Waals surface area (Å²) in [6.07, 6.45) is 9.23. The van der Waals surface area contributed by atoms with Crippen molar-refractivity contribution < 1.29 is 4.79 Å². The summed E-state index contributed by atoms with van der Waals surface area (Å²) in [6.45, 7) is 6.88. The van der Waals surface area contributed by atoms with Crippen LogP contribution in [-0.2, 0) is 4.79 Å². The van der Waals surface area contributed by atoms with E-state index < -0.39 is 0 Å². The summed E-state index contributed by atoms with van der Waals surface area (Å²) < 4.78 is 0. The Kier molecular flexibility index (Phi) is 5.61. The summed E-state index contributed by atoms with van der Waals surface area (Å²) in [5.74, 6) is -0.178. The number of carbonyl (C=O) groups excluding carboxylic acids is 1. The molecule has 0 aromatic heterocycles. The van der Waals surface area contributed by atoms with Crippen molar-refractivity contribution in [2.75, 3.05) is 0 Å². The van der Waals surface area contributed by atoms with Gasteiger partial charge in [0.05, 0.1) is 0 Å². The molecule has 0 atom stereocenters. The SMILES string of the molecule is C=C/C=C\C(=O)N/C=C/C=C. The highest BCUT2D eigenvalue weighted by Gasteiger charge is 1.85. The number of rotatable bonds is 4. The number of amides is 1. The van der Waals surface area contributed by atoms with E-state index in [9.17, 15) is 4.79 Å². The van der Waals surface area contributed by atoms with Gasteiger partial charge in [-0.25, -0.2) is 0 Å². The Morgan fingerprint density at radius 3 is 2.36 bits per heavy atom. The van der Waals surface area contributed by atoms with Crippen LogP contribution in [0.4, 0.5) is 0 Å². The molecule has 0 bridgehead atoms. The largest absolute Gasteiger partial charge is 0.329 e. The van der Waals surface area contributed by atoms with Crippen LogP contribution in [0, 0.1) is 0 Å². The molecule has 0 unspecified atom stereocenters. The second-order valence-corrected chi connectivity index (χ2v) is 1.70. The van der Waals surface area contributed by atoms with Crippen molar-refractivity contribution in [2.24, 2.45) is 0 Å². The van der Waals surface area contributed by atoms with Gasteiger partial charge in [-0.3, -0.25) is 4.79 Å². The molecule has 1 amide bonds. The number of carbonyl (C=O) groups is 1. The molecule has 0 spiro atoms. The molecule has 11 heavy (non-hydrogen) atoms. The van der Waals surface area contributed by atoms with Crippen molar-refractivity contribution in [3.8, 4) is 0 Å². The Balaban J connectivity index is 3.69. The monoisotopic (exact) mass is 149 g/mol. The number of allylic oxidation sites excluding steroid dienone is 4. The molecular weight excluding hydrogens is 138 g/mol. The van der Waals surface area contributed by atoms with Gasteiger partial charge in [0.25, 0.3) is 0 Å². The Morgan fingerprint density at radius 2 is 1.82 bits per heavy atom. The quantitative estimate of drug-likeness (QED) is 0.477. The molecule has 0 heterocycles. The van der Waals surface area contributed by atoms with Crippen LogP contribution in [0.25, 0.3) is 0 Å². The second-order valence-electron chi connectivity index (χ2n) is 1.70. The smallest absolute Gasteiger partial charge is 0.247 e. The topological polar surface area (TPSA) is 29.1 Å². The lowest BCUT2D eigenvalue weighted by molar-refractivity contribution is -0.115. The lowest BCUT2D eigenvalue weighted by Crippen LogP contribution is -2.12. The summed E-state index contributed by atoms with van der Waals surface area (Å²) in [7, 11) is 0. The van der Waals surface area contributed by atoms with E-state index in [1.165, 1.54) is 18.4 Å². The van der Waals surface area contributed by atoms with Crippen LogP contribution < -0.4 is 5.32 Å². The first-order chi connectivity index (χ1) is 5.31. The molecule has 0 aromatic rings. The molecule has 0 saturated carbocycles. The lowest BCUT2D eigenvalue weighted by Gasteiger charge is -1.88. The average Bonchev–Trinajstić information content (AvgIpc) is 2.01. The van der Waals surface area contributed by atoms with Crippen LogP contribution >= 0.6 is 0 Å². The van der Waals surface area contributed by atoms with Gasteiger partial charge in [0.2, 0.25) is 5.91 Å². The van der Waals surface area contributed by atoms with Crippen LogP contribution in [0.15, 0.2) is 49.7 Å². The van der Waals surface area contributed by atoms with Gasteiger partial charge in [-0.15, -0.1) is 0 Å². The Hall–Kier alpha value is -1.57. The van der Waals surface area contributed by atoms with Crippen molar-refractivity contribution in [1.82, 2.24) is 5.32 Å². The molecule has 0 aliphatic heterocycles. The predicted molar refractivity (Wildman–Crippen MR) is 46.8 cm³/mol. The van der Waals surface area contributed by atoms with E-state index in [0.29, 0.717) is 0 Å². The third-order valence-electron chi connectivity index (χ3n) is 0.842. The summed E-state index contributed by atoms with van der Waals surface area (Å²) in [4.78, 5) is 10.7. The summed E-state index contributed by atoms with van der Waals surface area (Å²) >= 11 is 0. The van der Waals surface area contributed by atoms with Crippen LogP contribution in [0.3, 0.4) is 0 Å². The molecular formula is C9H11NO. The average molecular weight is 149 g/mol. The first kappa shape index (κ1) is 9.43. The molecule has 0 aliphatic carbocycles. The number of nitrogens with one attached hydrogen (secondary N) is 1. The van der Waals surface area contributed by atoms with Gasteiger partial charge in [0.15, 0.2) is 0 Å². The van der Waals surface area contributed by atoms with Gasteiger partial charge >= 0.3 is 0 Å². The zero-order chi connectivity index (χ0) is 8.53. The molecule has 58 valence electrons. The van der Waals surface area contributed by atoms with Crippen molar-refractivity contribution in [3.05, 3.63) is 49.7 Å². The molecule has 1 N–H and O–H groups in total. The van der Waals surface area contributed by atoms with E-state index in [2.05, 4.69) is 18.5 Å². The summed E-state index contributed by atoms with van der Waals surface area (Å²) in [5, 5.41) is 2.49. The van der Waals surface area contributed by atoms with Crippen LogP contribution in [-0.4, -0.2) is 5.91 Å². The van der Waals surface area contributed by atoms with Crippen LogP contribution in [0.1, 0.15) is 0 Å².